The number of pyridine rings is 1. The van der Waals surface area contributed by atoms with Crippen molar-refractivity contribution in [3.63, 3.8) is 0 Å². The molecule has 0 aliphatic heterocycles. The van der Waals surface area contributed by atoms with Crippen LogP contribution in [0.5, 0.6) is 0 Å². The summed E-state index contributed by atoms with van der Waals surface area (Å²) in [6.45, 7) is 0. The van der Waals surface area contributed by atoms with Gasteiger partial charge in [-0.25, -0.2) is 4.79 Å². The molecule has 0 atom stereocenters. The summed E-state index contributed by atoms with van der Waals surface area (Å²) in [7, 11) is 0. The maximum Gasteiger partial charge on any atom is 0.335 e. The van der Waals surface area contributed by atoms with Gasteiger partial charge in [0.1, 0.15) is 0 Å². The largest absolute Gasteiger partial charge is 0.478 e. The van der Waals surface area contributed by atoms with E-state index in [1.807, 2.05) is 0 Å². The number of aromatic carboxylic acids is 1. The zero-order valence-electron chi connectivity index (χ0n) is 7.03. The Morgan fingerprint density at radius 2 is 2.31 bits per heavy atom. The molecule has 1 heterocycles. The molecule has 13 heavy (non-hydrogen) atoms. The highest BCUT2D eigenvalue weighted by Gasteiger charge is 2.41. The third-order valence-corrected chi connectivity index (χ3v) is 2.31. The zero-order valence-corrected chi connectivity index (χ0v) is 7.03. The van der Waals surface area contributed by atoms with Gasteiger partial charge in [-0.1, -0.05) is 0 Å². The van der Waals surface area contributed by atoms with Crippen LogP contribution in [0, 0.1) is 0 Å². The van der Waals surface area contributed by atoms with E-state index in [-0.39, 0.29) is 11.1 Å². The van der Waals surface area contributed by atoms with Crippen molar-refractivity contribution >= 4 is 5.97 Å². The second-order valence-electron chi connectivity index (χ2n) is 3.39. The van der Waals surface area contributed by atoms with Crippen molar-refractivity contribution in [1.82, 2.24) is 4.98 Å². The number of hydrogen-bond acceptors (Lipinski definition) is 3. The van der Waals surface area contributed by atoms with Crippen molar-refractivity contribution in [2.75, 3.05) is 0 Å². The minimum atomic E-state index is -0.937. The van der Waals surface area contributed by atoms with Crippen molar-refractivity contribution < 1.29 is 9.90 Å². The first kappa shape index (κ1) is 8.19. The lowest BCUT2D eigenvalue weighted by atomic mass is 10.1. The molecular weight excluding hydrogens is 168 g/mol. The molecule has 4 heteroatoms. The molecule has 1 aliphatic rings. The fraction of sp³-hybridized carbons (Fsp3) is 0.333. The normalized spacial score (nSPS) is 18.2. The molecule has 0 radical (unpaired) electrons. The number of carboxylic acid groups (broad SMARTS) is 1. The van der Waals surface area contributed by atoms with Gasteiger partial charge in [0.2, 0.25) is 0 Å². The van der Waals surface area contributed by atoms with Crippen LogP contribution in [0.15, 0.2) is 18.3 Å². The molecule has 0 unspecified atom stereocenters. The van der Waals surface area contributed by atoms with Crippen molar-refractivity contribution in [1.29, 1.82) is 0 Å². The minimum absolute atomic E-state index is 0.252. The molecule has 2 rings (SSSR count). The first-order chi connectivity index (χ1) is 6.12. The van der Waals surface area contributed by atoms with E-state index >= 15 is 0 Å². The third-order valence-electron chi connectivity index (χ3n) is 2.31. The smallest absolute Gasteiger partial charge is 0.335 e. The number of carbonyl (C=O) groups is 1. The summed E-state index contributed by atoms with van der Waals surface area (Å²) in [5.74, 6) is -0.937. The molecule has 1 saturated carbocycles. The highest BCUT2D eigenvalue weighted by molar-refractivity contribution is 5.87. The maximum atomic E-state index is 10.6. The van der Waals surface area contributed by atoms with E-state index in [1.165, 1.54) is 12.3 Å². The van der Waals surface area contributed by atoms with Gasteiger partial charge in [0.15, 0.2) is 0 Å². The fourth-order valence-corrected chi connectivity index (χ4v) is 1.23. The zero-order chi connectivity index (χ0) is 9.47. The monoisotopic (exact) mass is 178 g/mol. The van der Waals surface area contributed by atoms with Crippen LogP contribution >= 0.6 is 0 Å². The topological polar surface area (TPSA) is 76.2 Å². The van der Waals surface area contributed by atoms with E-state index in [1.54, 1.807) is 6.07 Å². The van der Waals surface area contributed by atoms with Gasteiger partial charge < -0.3 is 10.8 Å². The lowest BCUT2D eigenvalue weighted by Gasteiger charge is -2.07. The van der Waals surface area contributed by atoms with Gasteiger partial charge in [0, 0.05) is 6.20 Å². The number of nitrogens with zero attached hydrogens (tertiary/aromatic N) is 1. The quantitative estimate of drug-likeness (QED) is 0.699. The third kappa shape index (κ3) is 1.40. The Labute approximate surface area is 75.4 Å². The molecule has 1 aliphatic carbocycles. The van der Waals surface area contributed by atoms with Crippen LogP contribution in [0.4, 0.5) is 0 Å². The number of rotatable bonds is 2. The van der Waals surface area contributed by atoms with Crippen LogP contribution in [0.1, 0.15) is 28.9 Å². The molecular formula is C9H10N2O2. The Bertz CT molecular complexity index is 358. The summed E-state index contributed by atoms with van der Waals surface area (Å²) >= 11 is 0. The average Bonchev–Trinajstić information content (AvgIpc) is 2.85. The SMILES string of the molecule is NC1(c2cc(C(=O)O)ccn2)CC1. The number of carboxylic acids is 1. The first-order valence-electron chi connectivity index (χ1n) is 4.10. The molecule has 0 aromatic carbocycles. The van der Waals surface area contributed by atoms with E-state index in [0.717, 1.165) is 12.8 Å². The maximum absolute atomic E-state index is 10.6. The van der Waals surface area contributed by atoms with Gasteiger partial charge in [0.05, 0.1) is 16.8 Å². The molecule has 0 amide bonds. The van der Waals surface area contributed by atoms with E-state index in [2.05, 4.69) is 4.98 Å². The Hall–Kier alpha value is -1.42. The van der Waals surface area contributed by atoms with Crippen LogP contribution < -0.4 is 5.73 Å². The van der Waals surface area contributed by atoms with E-state index in [0.29, 0.717) is 5.69 Å². The Morgan fingerprint density at radius 3 is 2.85 bits per heavy atom. The molecule has 0 spiro atoms. The molecule has 68 valence electrons. The van der Waals surface area contributed by atoms with Crippen molar-refractivity contribution in [2.24, 2.45) is 5.73 Å². The number of aromatic nitrogens is 1. The van der Waals surface area contributed by atoms with Gasteiger partial charge >= 0.3 is 5.97 Å². The van der Waals surface area contributed by atoms with Crippen LogP contribution in [-0.4, -0.2) is 16.1 Å². The van der Waals surface area contributed by atoms with Gasteiger partial charge in [-0.3, -0.25) is 4.98 Å². The highest BCUT2D eigenvalue weighted by atomic mass is 16.4. The second-order valence-corrected chi connectivity index (χ2v) is 3.39. The van der Waals surface area contributed by atoms with E-state index < -0.39 is 5.97 Å². The number of hydrogen-bond donors (Lipinski definition) is 2. The summed E-state index contributed by atoms with van der Waals surface area (Å²) in [6.07, 6.45) is 3.28. The Morgan fingerprint density at radius 1 is 1.62 bits per heavy atom. The summed E-state index contributed by atoms with van der Waals surface area (Å²) in [5, 5.41) is 8.73. The predicted octanol–water partition coefficient (Wildman–Crippen LogP) is 0.728. The Balaban J connectivity index is 2.38. The molecule has 3 N–H and O–H groups in total. The molecule has 0 bridgehead atoms. The standard InChI is InChI=1S/C9H10N2O2/c10-9(2-3-9)7-5-6(8(12)13)1-4-11-7/h1,4-5H,2-3,10H2,(H,12,13). The lowest BCUT2D eigenvalue weighted by Crippen LogP contribution is -2.20. The van der Waals surface area contributed by atoms with Crippen LogP contribution in [0.25, 0.3) is 0 Å². The summed E-state index contributed by atoms with van der Waals surface area (Å²) in [5.41, 5.74) is 6.46. The van der Waals surface area contributed by atoms with Gasteiger partial charge in [-0.05, 0) is 25.0 Å². The van der Waals surface area contributed by atoms with E-state index in [9.17, 15) is 4.79 Å². The molecule has 1 aromatic heterocycles. The summed E-state index contributed by atoms with van der Waals surface area (Å²) in [4.78, 5) is 14.7. The summed E-state index contributed by atoms with van der Waals surface area (Å²) < 4.78 is 0. The summed E-state index contributed by atoms with van der Waals surface area (Å²) in [6, 6.07) is 3.02. The van der Waals surface area contributed by atoms with Gasteiger partial charge in [-0.15, -0.1) is 0 Å². The molecule has 4 nitrogen and oxygen atoms in total. The number of nitrogens with two attached hydrogens (primary N) is 1. The van der Waals surface area contributed by atoms with Crippen molar-refractivity contribution in [3.8, 4) is 0 Å². The Kier molecular flexibility index (Phi) is 1.60. The molecule has 1 fully saturated rings. The fourth-order valence-electron chi connectivity index (χ4n) is 1.23. The highest BCUT2D eigenvalue weighted by Crippen LogP contribution is 2.41. The van der Waals surface area contributed by atoms with Crippen LogP contribution in [0.2, 0.25) is 0 Å². The second kappa shape index (κ2) is 2.53. The molecule has 0 saturated heterocycles. The van der Waals surface area contributed by atoms with Gasteiger partial charge in [-0.2, -0.15) is 0 Å². The average molecular weight is 178 g/mol. The van der Waals surface area contributed by atoms with Crippen LogP contribution in [-0.2, 0) is 5.54 Å². The first-order valence-corrected chi connectivity index (χ1v) is 4.10. The van der Waals surface area contributed by atoms with Crippen molar-refractivity contribution in [2.45, 2.75) is 18.4 Å². The minimum Gasteiger partial charge on any atom is -0.478 e. The molecule has 1 aromatic rings. The van der Waals surface area contributed by atoms with Crippen molar-refractivity contribution in [3.05, 3.63) is 29.6 Å². The lowest BCUT2D eigenvalue weighted by molar-refractivity contribution is 0.0696. The van der Waals surface area contributed by atoms with Crippen LogP contribution in [0.3, 0.4) is 0 Å². The van der Waals surface area contributed by atoms with Gasteiger partial charge in [0.25, 0.3) is 0 Å². The predicted molar refractivity (Wildman–Crippen MR) is 46.3 cm³/mol. The van der Waals surface area contributed by atoms with E-state index in [4.69, 9.17) is 10.8 Å².